The highest BCUT2D eigenvalue weighted by Crippen LogP contribution is 2.21. The van der Waals surface area contributed by atoms with Gasteiger partial charge in [0, 0.05) is 24.8 Å². The van der Waals surface area contributed by atoms with Crippen LogP contribution in [0.2, 0.25) is 0 Å². The Labute approximate surface area is 151 Å². The van der Waals surface area contributed by atoms with Crippen LogP contribution >= 0.6 is 11.3 Å². The van der Waals surface area contributed by atoms with Gasteiger partial charge in [-0.1, -0.05) is 18.2 Å². The highest BCUT2D eigenvalue weighted by Gasteiger charge is 2.20. The normalized spacial score (nSPS) is 16.0. The van der Waals surface area contributed by atoms with Crippen molar-refractivity contribution in [1.82, 2.24) is 4.90 Å². The Morgan fingerprint density at radius 2 is 1.88 bits per heavy atom. The SMILES string of the molecule is NC1CCN(C(=O)Cc2ccc(NS(=O)(=O)c3cccs3)cc2)CC1. The monoisotopic (exact) mass is 379 g/mol. The quantitative estimate of drug-likeness (QED) is 0.831. The van der Waals surface area contributed by atoms with Gasteiger partial charge in [-0.05, 0) is 42.0 Å². The highest BCUT2D eigenvalue weighted by molar-refractivity contribution is 7.94. The Bertz CT molecular complexity index is 809. The van der Waals surface area contributed by atoms with Gasteiger partial charge in [0.1, 0.15) is 4.21 Å². The van der Waals surface area contributed by atoms with Crippen molar-refractivity contribution < 1.29 is 13.2 Å². The molecule has 25 heavy (non-hydrogen) atoms. The van der Waals surface area contributed by atoms with Crippen LogP contribution in [-0.2, 0) is 21.2 Å². The Hall–Kier alpha value is -1.90. The van der Waals surface area contributed by atoms with Crippen molar-refractivity contribution in [2.24, 2.45) is 5.73 Å². The molecule has 1 aliphatic rings. The van der Waals surface area contributed by atoms with Crippen molar-refractivity contribution in [3.63, 3.8) is 0 Å². The van der Waals surface area contributed by atoms with Crippen molar-refractivity contribution in [2.75, 3.05) is 17.8 Å². The van der Waals surface area contributed by atoms with E-state index in [-0.39, 0.29) is 16.2 Å². The zero-order valence-corrected chi connectivity index (χ0v) is 15.4. The molecule has 1 aromatic heterocycles. The summed E-state index contributed by atoms with van der Waals surface area (Å²) in [7, 11) is -3.55. The minimum Gasteiger partial charge on any atom is -0.342 e. The van der Waals surface area contributed by atoms with E-state index in [0.717, 1.165) is 18.4 Å². The maximum atomic E-state index is 12.3. The van der Waals surface area contributed by atoms with Crippen molar-refractivity contribution in [3.05, 3.63) is 47.3 Å². The number of carbonyl (C=O) groups is 1. The fourth-order valence-corrected chi connectivity index (χ4v) is 4.80. The summed E-state index contributed by atoms with van der Waals surface area (Å²) in [5, 5.41) is 1.72. The Balaban J connectivity index is 1.60. The van der Waals surface area contributed by atoms with Crippen LogP contribution in [0.15, 0.2) is 46.0 Å². The molecule has 1 aliphatic heterocycles. The van der Waals surface area contributed by atoms with Gasteiger partial charge in [0.05, 0.1) is 6.42 Å². The number of benzene rings is 1. The molecule has 134 valence electrons. The third-order valence-electron chi connectivity index (χ3n) is 4.21. The number of amides is 1. The van der Waals surface area contributed by atoms with Crippen molar-refractivity contribution >= 4 is 33.0 Å². The van der Waals surface area contributed by atoms with Crippen molar-refractivity contribution in [2.45, 2.75) is 29.5 Å². The molecule has 0 bridgehead atoms. The van der Waals surface area contributed by atoms with Crippen molar-refractivity contribution in [1.29, 1.82) is 0 Å². The molecule has 0 unspecified atom stereocenters. The van der Waals surface area contributed by atoms with E-state index in [1.807, 2.05) is 4.90 Å². The molecule has 0 saturated carbocycles. The van der Waals surface area contributed by atoms with E-state index in [9.17, 15) is 13.2 Å². The molecule has 0 radical (unpaired) electrons. The summed E-state index contributed by atoms with van der Waals surface area (Å²) in [4.78, 5) is 14.2. The standard InChI is InChI=1S/C17H21N3O3S2/c18-14-7-9-20(10-8-14)16(21)12-13-3-5-15(6-4-13)19-25(22,23)17-2-1-11-24-17/h1-6,11,14,19H,7-10,12,18H2. The van der Waals surface area contributed by atoms with E-state index in [4.69, 9.17) is 5.73 Å². The van der Waals surface area contributed by atoms with Gasteiger partial charge < -0.3 is 10.6 Å². The molecule has 1 fully saturated rings. The number of anilines is 1. The summed E-state index contributed by atoms with van der Waals surface area (Å²) in [6.45, 7) is 1.41. The van der Waals surface area contributed by atoms with Gasteiger partial charge in [-0.2, -0.15) is 0 Å². The summed E-state index contributed by atoms with van der Waals surface area (Å²) in [5.74, 6) is 0.0822. The lowest BCUT2D eigenvalue weighted by Gasteiger charge is -2.30. The molecule has 1 amide bonds. The van der Waals surface area contributed by atoms with Crippen molar-refractivity contribution in [3.8, 4) is 0 Å². The maximum Gasteiger partial charge on any atom is 0.271 e. The number of rotatable bonds is 5. The Morgan fingerprint density at radius 1 is 1.20 bits per heavy atom. The fraction of sp³-hybridized carbons (Fsp3) is 0.353. The van der Waals surface area contributed by atoms with E-state index in [0.29, 0.717) is 25.2 Å². The number of likely N-dealkylation sites (tertiary alicyclic amines) is 1. The number of nitrogens with one attached hydrogen (secondary N) is 1. The van der Waals surface area contributed by atoms with Crippen LogP contribution in [0.1, 0.15) is 18.4 Å². The van der Waals surface area contributed by atoms with Gasteiger partial charge in [0.25, 0.3) is 10.0 Å². The molecular weight excluding hydrogens is 358 g/mol. The zero-order chi connectivity index (χ0) is 17.9. The van der Waals surface area contributed by atoms with Gasteiger partial charge in [-0.15, -0.1) is 11.3 Å². The second-order valence-corrected chi connectivity index (χ2v) is 8.99. The maximum absolute atomic E-state index is 12.3. The van der Waals surface area contributed by atoms with Crippen LogP contribution in [0, 0.1) is 0 Å². The van der Waals surface area contributed by atoms with Crippen LogP contribution < -0.4 is 10.5 Å². The number of nitrogens with zero attached hydrogens (tertiary/aromatic N) is 1. The van der Waals surface area contributed by atoms with Crippen LogP contribution in [0.25, 0.3) is 0 Å². The second kappa shape index (κ2) is 7.55. The van der Waals surface area contributed by atoms with Gasteiger partial charge in [-0.25, -0.2) is 8.42 Å². The lowest BCUT2D eigenvalue weighted by atomic mass is 10.0. The zero-order valence-electron chi connectivity index (χ0n) is 13.7. The number of thiophene rings is 1. The first kappa shape index (κ1) is 17.9. The summed E-state index contributed by atoms with van der Waals surface area (Å²) in [6, 6.07) is 10.4. The predicted molar refractivity (Wildman–Crippen MR) is 99.1 cm³/mol. The van der Waals surface area contributed by atoms with E-state index >= 15 is 0 Å². The van der Waals surface area contributed by atoms with Crippen LogP contribution in [0.5, 0.6) is 0 Å². The number of nitrogens with two attached hydrogens (primary N) is 1. The topological polar surface area (TPSA) is 92.5 Å². The predicted octanol–water partition coefficient (Wildman–Crippen LogP) is 2.04. The number of hydrogen-bond donors (Lipinski definition) is 2. The molecule has 0 atom stereocenters. The summed E-state index contributed by atoms with van der Waals surface area (Å²) < 4.78 is 27.2. The molecule has 8 heteroatoms. The Morgan fingerprint density at radius 3 is 2.48 bits per heavy atom. The van der Waals surface area contributed by atoms with Crippen LogP contribution in [-0.4, -0.2) is 38.4 Å². The second-order valence-electron chi connectivity index (χ2n) is 6.13. The van der Waals surface area contributed by atoms with Gasteiger partial charge >= 0.3 is 0 Å². The molecule has 1 aromatic carbocycles. The molecule has 1 saturated heterocycles. The first-order valence-electron chi connectivity index (χ1n) is 8.13. The largest absolute Gasteiger partial charge is 0.342 e. The third-order valence-corrected chi connectivity index (χ3v) is 6.99. The number of piperidine rings is 1. The number of hydrogen-bond acceptors (Lipinski definition) is 5. The van der Waals surface area contributed by atoms with Gasteiger partial charge in [0.2, 0.25) is 5.91 Å². The lowest BCUT2D eigenvalue weighted by Crippen LogP contribution is -2.43. The Kier molecular flexibility index (Phi) is 5.41. The first-order valence-corrected chi connectivity index (χ1v) is 10.5. The smallest absolute Gasteiger partial charge is 0.271 e. The summed E-state index contributed by atoms with van der Waals surface area (Å²) in [5.41, 5.74) is 7.20. The number of carbonyl (C=O) groups excluding carboxylic acids is 1. The fourth-order valence-electron chi connectivity index (χ4n) is 2.75. The summed E-state index contributed by atoms with van der Waals surface area (Å²) in [6.07, 6.45) is 2.00. The third kappa shape index (κ3) is 4.59. The molecule has 6 nitrogen and oxygen atoms in total. The van der Waals surface area contributed by atoms with E-state index in [2.05, 4.69) is 4.72 Å². The average Bonchev–Trinajstić information content (AvgIpc) is 3.12. The van der Waals surface area contributed by atoms with E-state index in [1.54, 1.807) is 41.8 Å². The minimum absolute atomic E-state index is 0.0822. The number of sulfonamides is 1. The average molecular weight is 380 g/mol. The first-order chi connectivity index (χ1) is 11.9. The van der Waals surface area contributed by atoms with E-state index in [1.165, 1.54) is 11.3 Å². The molecular formula is C17H21N3O3S2. The molecule has 0 spiro atoms. The molecule has 0 aliphatic carbocycles. The van der Waals surface area contributed by atoms with E-state index < -0.39 is 10.0 Å². The molecule has 3 rings (SSSR count). The van der Waals surface area contributed by atoms with Gasteiger partial charge in [-0.3, -0.25) is 9.52 Å². The highest BCUT2D eigenvalue weighted by atomic mass is 32.2. The minimum atomic E-state index is -3.55. The van der Waals surface area contributed by atoms with Crippen LogP contribution in [0.4, 0.5) is 5.69 Å². The molecule has 2 aromatic rings. The van der Waals surface area contributed by atoms with Crippen LogP contribution in [0.3, 0.4) is 0 Å². The molecule has 2 heterocycles. The van der Waals surface area contributed by atoms with Gasteiger partial charge in [0.15, 0.2) is 0 Å². The molecule has 3 N–H and O–H groups in total. The lowest BCUT2D eigenvalue weighted by molar-refractivity contribution is -0.131. The summed E-state index contributed by atoms with van der Waals surface area (Å²) >= 11 is 1.17.